The highest BCUT2D eigenvalue weighted by Crippen LogP contribution is 2.29. The van der Waals surface area contributed by atoms with Crippen LogP contribution in [0, 0.1) is 0 Å². The Morgan fingerprint density at radius 3 is 2.34 bits per heavy atom. The summed E-state index contributed by atoms with van der Waals surface area (Å²) in [4.78, 5) is 13.8. The predicted octanol–water partition coefficient (Wildman–Crippen LogP) is 5.58. The molecule has 0 spiro atoms. The molecule has 1 amide bonds. The fourth-order valence-electron chi connectivity index (χ4n) is 2.85. The van der Waals surface area contributed by atoms with Crippen molar-refractivity contribution in [2.75, 3.05) is 14.2 Å². The third-order valence-corrected chi connectivity index (χ3v) is 5.70. The van der Waals surface area contributed by atoms with Gasteiger partial charge in [0.1, 0.15) is 11.5 Å². The maximum atomic E-state index is 12.7. The second-order valence-electron chi connectivity index (χ2n) is 6.26. The van der Waals surface area contributed by atoms with Crippen LogP contribution in [0.5, 0.6) is 11.5 Å². The fraction of sp³-hybridized carbons (Fsp3) is 0.174. The molecular formula is C23H22ClNO3S. The van der Waals surface area contributed by atoms with Crippen LogP contribution in [0.4, 0.5) is 0 Å². The minimum atomic E-state index is -0.142. The summed E-state index contributed by atoms with van der Waals surface area (Å²) < 4.78 is 10.8. The number of methoxy groups -OCH3 is 2. The number of nitrogens with one attached hydrogen (secondary N) is 1. The van der Waals surface area contributed by atoms with Crippen molar-refractivity contribution in [3.05, 3.63) is 88.4 Å². The Hall–Kier alpha value is -2.63. The number of rotatable bonds is 8. The average molecular weight is 428 g/mol. The van der Waals surface area contributed by atoms with Crippen LogP contribution in [0.15, 0.2) is 71.6 Å². The number of hydrogen-bond donors (Lipinski definition) is 1. The second-order valence-corrected chi connectivity index (χ2v) is 7.75. The normalized spacial score (nSPS) is 10.4. The average Bonchev–Trinajstić information content (AvgIpc) is 2.77. The molecule has 0 fully saturated rings. The third-order valence-electron chi connectivity index (χ3n) is 4.38. The van der Waals surface area contributed by atoms with Crippen LogP contribution in [0.1, 0.15) is 21.5 Å². The lowest BCUT2D eigenvalue weighted by molar-refractivity contribution is 0.0950. The van der Waals surface area contributed by atoms with Gasteiger partial charge in [0.05, 0.1) is 14.2 Å². The van der Waals surface area contributed by atoms with Crippen molar-refractivity contribution in [2.45, 2.75) is 17.2 Å². The molecule has 0 atom stereocenters. The number of benzene rings is 3. The Morgan fingerprint density at radius 2 is 1.62 bits per heavy atom. The molecule has 0 heterocycles. The molecule has 3 aromatic carbocycles. The molecule has 0 bridgehead atoms. The Morgan fingerprint density at radius 1 is 0.931 bits per heavy atom. The summed E-state index contributed by atoms with van der Waals surface area (Å²) in [7, 11) is 3.25. The summed E-state index contributed by atoms with van der Waals surface area (Å²) in [5, 5.41) is 3.66. The number of para-hydroxylation sites is 1. The molecule has 1 N–H and O–H groups in total. The van der Waals surface area contributed by atoms with Crippen LogP contribution in [0.2, 0.25) is 5.02 Å². The van der Waals surface area contributed by atoms with Gasteiger partial charge in [-0.1, -0.05) is 29.8 Å². The summed E-state index contributed by atoms with van der Waals surface area (Å²) >= 11 is 7.60. The molecule has 0 aliphatic rings. The summed E-state index contributed by atoms with van der Waals surface area (Å²) in [6.07, 6.45) is 0. The standard InChI is InChI=1S/C23H22ClNO3S/c1-27-21-6-4-3-5-17(21)14-25-23(26)16-7-12-22(28-2)18(13-16)15-29-20-10-8-19(24)9-11-20/h3-13H,14-15H2,1-2H3,(H,25,26). The van der Waals surface area contributed by atoms with Crippen molar-refractivity contribution in [1.82, 2.24) is 5.32 Å². The number of hydrogen-bond acceptors (Lipinski definition) is 4. The molecule has 6 heteroatoms. The number of carbonyl (C=O) groups excluding carboxylic acids is 1. The van der Waals surface area contributed by atoms with Crippen molar-refractivity contribution in [3.8, 4) is 11.5 Å². The van der Waals surface area contributed by atoms with Gasteiger partial charge in [-0.25, -0.2) is 0 Å². The van der Waals surface area contributed by atoms with Crippen molar-refractivity contribution < 1.29 is 14.3 Å². The SMILES string of the molecule is COc1ccccc1CNC(=O)c1ccc(OC)c(CSc2ccc(Cl)cc2)c1. The zero-order chi connectivity index (χ0) is 20.6. The minimum absolute atomic E-state index is 0.142. The van der Waals surface area contributed by atoms with Gasteiger partial charge in [-0.15, -0.1) is 11.8 Å². The van der Waals surface area contributed by atoms with Crippen molar-refractivity contribution in [2.24, 2.45) is 0 Å². The van der Waals surface area contributed by atoms with Crippen molar-refractivity contribution in [1.29, 1.82) is 0 Å². The van der Waals surface area contributed by atoms with Gasteiger partial charge < -0.3 is 14.8 Å². The van der Waals surface area contributed by atoms with E-state index in [4.69, 9.17) is 21.1 Å². The van der Waals surface area contributed by atoms with Gasteiger partial charge in [0.25, 0.3) is 5.91 Å². The fourth-order valence-corrected chi connectivity index (χ4v) is 3.85. The minimum Gasteiger partial charge on any atom is -0.496 e. The highest BCUT2D eigenvalue weighted by Gasteiger charge is 2.12. The molecule has 29 heavy (non-hydrogen) atoms. The van der Waals surface area contributed by atoms with Crippen LogP contribution < -0.4 is 14.8 Å². The van der Waals surface area contributed by atoms with Gasteiger partial charge >= 0.3 is 0 Å². The molecule has 0 aliphatic heterocycles. The Bertz CT molecular complexity index is 976. The maximum Gasteiger partial charge on any atom is 0.251 e. The molecular weight excluding hydrogens is 406 g/mol. The Labute approximate surface area is 180 Å². The summed E-state index contributed by atoms with van der Waals surface area (Å²) in [6, 6.07) is 20.8. The molecule has 150 valence electrons. The van der Waals surface area contributed by atoms with Crippen molar-refractivity contribution >= 4 is 29.3 Å². The third kappa shape index (κ3) is 5.68. The number of amides is 1. The predicted molar refractivity (Wildman–Crippen MR) is 118 cm³/mol. The highest BCUT2D eigenvalue weighted by molar-refractivity contribution is 7.98. The van der Waals surface area contributed by atoms with E-state index in [1.165, 1.54) is 0 Å². The number of ether oxygens (including phenoxy) is 2. The van der Waals surface area contributed by atoms with Crippen LogP contribution in [-0.4, -0.2) is 20.1 Å². The number of carbonyl (C=O) groups is 1. The molecule has 0 unspecified atom stereocenters. The summed E-state index contributed by atoms with van der Waals surface area (Å²) in [5.74, 6) is 2.05. The smallest absolute Gasteiger partial charge is 0.251 e. The van der Waals surface area contributed by atoms with Crippen LogP contribution >= 0.6 is 23.4 Å². The lowest BCUT2D eigenvalue weighted by Gasteiger charge is -2.12. The van der Waals surface area contributed by atoms with Gasteiger partial charge in [-0.3, -0.25) is 4.79 Å². The molecule has 0 aromatic heterocycles. The molecule has 0 saturated carbocycles. The molecule has 3 aromatic rings. The van der Waals surface area contributed by atoms with Gasteiger partial charge in [0.15, 0.2) is 0 Å². The second kappa shape index (κ2) is 10.2. The largest absolute Gasteiger partial charge is 0.496 e. The Balaban J connectivity index is 1.69. The van der Waals surface area contributed by atoms with Gasteiger partial charge in [-0.2, -0.15) is 0 Å². The first kappa shape index (κ1) is 21.1. The first-order valence-corrected chi connectivity index (χ1v) is 10.4. The molecule has 0 saturated heterocycles. The molecule has 3 rings (SSSR count). The van der Waals surface area contributed by atoms with Crippen LogP contribution in [0.3, 0.4) is 0 Å². The number of thioether (sulfide) groups is 1. The van der Waals surface area contributed by atoms with E-state index in [1.807, 2.05) is 60.7 Å². The van der Waals surface area contributed by atoms with Gasteiger partial charge in [-0.05, 0) is 48.5 Å². The summed E-state index contributed by atoms with van der Waals surface area (Å²) in [6.45, 7) is 0.393. The summed E-state index contributed by atoms with van der Waals surface area (Å²) in [5.41, 5.74) is 2.47. The monoisotopic (exact) mass is 427 g/mol. The van der Waals surface area contributed by atoms with E-state index in [1.54, 1.807) is 32.0 Å². The maximum absolute atomic E-state index is 12.7. The number of halogens is 1. The lowest BCUT2D eigenvalue weighted by Crippen LogP contribution is -2.23. The highest BCUT2D eigenvalue weighted by atomic mass is 35.5. The van der Waals surface area contributed by atoms with E-state index in [2.05, 4.69) is 5.32 Å². The molecule has 4 nitrogen and oxygen atoms in total. The van der Waals surface area contributed by atoms with Crippen LogP contribution in [0.25, 0.3) is 0 Å². The first-order chi connectivity index (χ1) is 14.1. The van der Waals surface area contributed by atoms with E-state index in [0.29, 0.717) is 22.9 Å². The van der Waals surface area contributed by atoms with Crippen molar-refractivity contribution in [3.63, 3.8) is 0 Å². The quantitative estimate of drug-likeness (QED) is 0.477. The van der Waals surface area contributed by atoms with E-state index in [0.717, 1.165) is 27.5 Å². The van der Waals surface area contributed by atoms with E-state index >= 15 is 0 Å². The molecule has 0 aliphatic carbocycles. The van der Waals surface area contributed by atoms with E-state index < -0.39 is 0 Å². The topological polar surface area (TPSA) is 47.6 Å². The molecule has 0 radical (unpaired) electrons. The van der Waals surface area contributed by atoms with E-state index in [-0.39, 0.29) is 5.91 Å². The lowest BCUT2D eigenvalue weighted by atomic mass is 10.1. The van der Waals surface area contributed by atoms with Gasteiger partial charge in [0, 0.05) is 38.9 Å². The zero-order valence-corrected chi connectivity index (χ0v) is 17.8. The Kier molecular flexibility index (Phi) is 7.44. The van der Waals surface area contributed by atoms with E-state index in [9.17, 15) is 4.79 Å². The van der Waals surface area contributed by atoms with Gasteiger partial charge in [0.2, 0.25) is 0 Å². The zero-order valence-electron chi connectivity index (χ0n) is 16.3. The van der Waals surface area contributed by atoms with Crippen LogP contribution in [-0.2, 0) is 12.3 Å². The first-order valence-electron chi connectivity index (χ1n) is 9.06.